The zero-order valence-electron chi connectivity index (χ0n) is 6.02. The van der Waals surface area contributed by atoms with Crippen LogP contribution in [-0.4, -0.2) is 4.92 Å². The van der Waals surface area contributed by atoms with E-state index in [1.807, 2.05) is 0 Å². The zero-order chi connectivity index (χ0) is 9.14. The number of nitrogen functional groups attached to an aromatic ring is 1. The largest absolute Gasteiger partial charge is 0.399 e. The molecule has 0 amide bonds. The van der Waals surface area contributed by atoms with Crippen molar-refractivity contribution in [3.05, 3.63) is 33.9 Å². The molecule has 0 saturated carbocycles. The number of hydrogen-bond donors (Lipinski definition) is 1. The molecule has 5 heteroatoms. The van der Waals surface area contributed by atoms with Gasteiger partial charge in [0.25, 0.3) is 5.69 Å². The lowest BCUT2D eigenvalue weighted by Crippen LogP contribution is -1.93. The highest BCUT2D eigenvalue weighted by Crippen LogP contribution is 2.19. The van der Waals surface area contributed by atoms with E-state index in [0.717, 1.165) is 0 Å². The fourth-order valence-corrected chi connectivity index (χ4v) is 0.802. The van der Waals surface area contributed by atoms with Gasteiger partial charge in [-0.15, -0.1) is 0 Å². The average molecular weight is 163 g/mol. The molecule has 0 aliphatic carbocycles. The number of anilines is 1. The number of benzene rings is 1. The number of nitrogens with zero attached hydrogens (tertiary/aromatic N) is 2. The Morgan fingerprint density at radius 2 is 2.25 bits per heavy atom. The quantitative estimate of drug-likeness (QED) is 0.380. The highest BCUT2D eigenvalue weighted by Gasteiger charge is 2.12. The van der Waals surface area contributed by atoms with Crippen LogP contribution in [0.2, 0.25) is 0 Å². The summed E-state index contributed by atoms with van der Waals surface area (Å²) in [5.74, 6) is 0. The van der Waals surface area contributed by atoms with Crippen molar-refractivity contribution in [1.29, 1.82) is 5.26 Å². The molecule has 0 fully saturated rings. The standard InChI is InChI=1S/C7H5N3O2/c8-4-5-3-6(9)1-2-7(5)10(11)12/h1-3H,9H2. The minimum absolute atomic E-state index is 0.0139. The molecule has 60 valence electrons. The average Bonchev–Trinajstić information content (AvgIpc) is 2.03. The molecule has 0 spiro atoms. The summed E-state index contributed by atoms with van der Waals surface area (Å²) in [6.07, 6.45) is 0. The minimum Gasteiger partial charge on any atom is -0.399 e. The molecular weight excluding hydrogens is 158 g/mol. The third-order valence-electron chi connectivity index (χ3n) is 1.34. The van der Waals surface area contributed by atoms with E-state index in [4.69, 9.17) is 11.0 Å². The Morgan fingerprint density at radius 3 is 2.75 bits per heavy atom. The summed E-state index contributed by atoms with van der Waals surface area (Å²) < 4.78 is 0. The lowest BCUT2D eigenvalue weighted by molar-refractivity contribution is -0.385. The van der Waals surface area contributed by atoms with Crippen LogP contribution in [0.15, 0.2) is 18.2 Å². The smallest absolute Gasteiger partial charge is 0.287 e. The van der Waals surface area contributed by atoms with Gasteiger partial charge in [0.05, 0.1) is 4.92 Å². The van der Waals surface area contributed by atoms with E-state index < -0.39 is 4.92 Å². The minimum atomic E-state index is -0.613. The van der Waals surface area contributed by atoms with Gasteiger partial charge in [0.1, 0.15) is 11.6 Å². The van der Waals surface area contributed by atoms with Crippen molar-refractivity contribution in [2.75, 3.05) is 5.73 Å². The van der Waals surface area contributed by atoms with E-state index in [1.54, 1.807) is 6.07 Å². The van der Waals surface area contributed by atoms with Gasteiger partial charge in [-0.05, 0) is 12.1 Å². The number of nitriles is 1. The van der Waals surface area contributed by atoms with Crippen LogP contribution in [0.1, 0.15) is 5.56 Å². The molecule has 1 aromatic rings. The first-order chi connectivity index (χ1) is 5.65. The Morgan fingerprint density at radius 1 is 1.58 bits per heavy atom. The summed E-state index contributed by atoms with van der Waals surface area (Å²) in [6.45, 7) is 0. The van der Waals surface area contributed by atoms with E-state index in [1.165, 1.54) is 18.2 Å². The monoisotopic (exact) mass is 163 g/mol. The van der Waals surface area contributed by atoms with Gasteiger partial charge in [-0.1, -0.05) is 0 Å². The summed E-state index contributed by atoms with van der Waals surface area (Å²) in [5, 5.41) is 18.8. The van der Waals surface area contributed by atoms with Crippen LogP contribution < -0.4 is 5.73 Å². The number of nitrogens with two attached hydrogens (primary N) is 1. The number of nitro benzene ring substituents is 1. The van der Waals surface area contributed by atoms with Gasteiger partial charge >= 0.3 is 0 Å². The predicted molar refractivity (Wildman–Crippen MR) is 42.2 cm³/mol. The van der Waals surface area contributed by atoms with E-state index in [0.29, 0.717) is 5.69 Å². The Balaban J connectivity index is 3.32. The summed E-state index contributed by atoms with van der Waals surface area (Å²) in [4.78, 5) is 9.69. The van der Waals surface area contributed by atoms with E-state index in [9.17, 15) is 10.1 Å². The van der Waals surface area contributed by atoms with Crippen LogP contribution in [0.3, 0.4) is 0 Å². The summed E-state index contributed by atoms with van der Waals surface area (Å²) in [5.41, 5.74) is 5.44. The maximum atomic E-state index is 10.3. The van der Waals surface area contributed by atoms with Crippen LogP contribution in [0.5, 0.6) is 0 Å². The Labute approximate surface area is 68.2 Å². The molecule has 0 bridgehead atoms. The first-order valence-electron chi connectivity index (χ1n) is 3.09. The number of hydrogen-bond acceptors (Lipinski definition) is 4. The van der Waals surface area contributed by atoms with Crippen molar-refractivity contribution in [2.45, 2.75) is 0 Å². The molecule has 1 aromatic carbocycles. The van der Waals surface area contributed by atoms with Gasteiger partial charge < -0.3 is 5.73 Å². The summed E-state index contributed by atoms with van der Waals surface area (Å²) in [6, 6.07) is 5.58. The van der Waals surface area contributed by atoms with Crippen LogP contribution in [0, 0.1) is 21.4 Å². The van der Waals surface area contributed by atoms with Gasteiger partial charge in [0.15, 0.2) is 0 Å². The molecule has 0 unspecified atom stereocenters. The van der Waals surface area contributed by atoms with Crippen molar-refractivity contribution in [3.63, 3.8) is 0 Å². The molecule has 0 aliphatic rings. The van der Waals surface area contributed by atoms with Crippen LogP contribution >= 0.6 is 0 Å². The zero-order valence-corrected chi connectivity index (χ0v) is 6.02. The highest BCUT2D eigenvalue weighted by atomic mass is 16.6. The summed E-state index contributed by atoms with van der Waals surface area (Å²) in [7, 11) is 0. The first-order valence-corrected chi connectivity index (χ1v) is 3.09. The predicted octanol–water partition coefficient (Wildman–Crippen LogP) is 1.05. The second kappa shape index (κ2) is 2.88. The Kier molecular flexibility index (Phi) is 1.92. The van der Waals surface area contributed by atoms with Crippen LogP contribution in [0.4, 0.5) is 11.4 Å². The summed E-state index contributed by atoms with van der Waals surface area (Å²) >= 11 is 0. The van der Waals surface area contributed by atoms with Crippen LogP contribution in [-0.2, 0) is 0 Å². The van der Waals surface area contributed by atoms with Crippen molar-refractivity contribution in [3.8, 4) is 6.07 Å². The van der Waals surface area contributed by atoms with Crippen molar-refractivity contribution < 1.29 is 4.92 Å². The van der Waals surface area contributed by atoms with E-state index in [-0.39, 0.29) is 11.3 Å². The van der Waals surface area contributed by atoms with Crippen molar-refractivity contribution in [2.24, 2.45) is 0 Å². The first kappa shape index (κ1) is 8.01. The fourth-order valence-electron chi connectivity index (χ4n) is 0.802. The van der Waals surface area contributed by atoms with Gasteiger partial charge in [0.2, 0.25) is 0 Å². The molecule has 12 heavy (non-hydrogen) atoms. The molecule has 5 nitrogen and oxygen atoms in total. The van der Waals surface area contributed by atoms with E-state index >= 15 is 0 Å². The second-order valence-electron chi connectivity index (χ2n) is 2.15. The molecule has 0 heterocycles. The number of rotatable bonds is 1. The van der Waals surface area contributed by atoms with Gasteiger partial charge in [-0.3, -0.25) is 10.1 Å². The molecule has 0 atom stereocenters. The van der Waals surface area contributed by atoms with Gasteiger partial charge in [-0.2, -0.15) is 5.26 Å². The highest BCUT2D eigenvalue weighted by molar-refractivity contribution is 5.56. The van der Waals surface area contributed by atoms with Crippen molar-refractivity contribution >= 4 is 11.4 Å². The lowest BCUT2D eigenvalue weighted by atomic mass is 10.2. The maximum absolute atomic E-state index is 10.3. The molecule has 0 aliphatic heterocycles. The lowest BCUT2D eigenvalue weighted by Gasteiger charge is -1.94. The third-order valence-corrected chi connectivity index (χ3v) is 1.34. The molecule has 0 aromatic heterocycles. The van der Waals surface area contributed by atoms with Crippen LogP contribution in [0.25, 0.3) is 0 Å². The molecular formula is C7H5N3O2. The maximum Gasteiger partial charge on any atom is 0.287 e. The Bertz CT molecular complexity index is 367. The van der Waals surface area contributed by atoms with E-state index in [2.05, 4.69) is 0 Å². The molecule has 1 rings (SSSR count). The fraction of sp³-hybridized carbons (Fsp3) is 0. The molecule has 2 N–H and O–H groups in total. The van der Waals surface area contributed by atoms with Gasteiger partial charge in [-0.25, -0.2) is 0 Å². The number of nitro groups is 1. The normalized spacial score (nSPS) is 8.92. The molecule has 0 radical (unpaired) electrons. The third kappa shape index (κ3) is 1.32. The second-order valence-corrected chi connectivity index (χ2v) is 2.15. The van der Waals surface area contributed by atoms with Gasteiger partial charge in [0, 0.05) is 11.8 Å². The van der Waals surface area contributed by atoms with Crippen molar-refractivity contribution in [1.82, 2.24) is 0 Å². The molecule has 0 saturated heterocycles. The SMILES string of the molecule is N#Cc1cc(N)ccc1[N+](=O)[O-]. The Hall–Kier alpha value is -2.09. The topological polar surface area (TPSA) is 93.0 Å².